The molecule has 2 aromatic rings. The van der Waals surface area contributed by atoms with Crippen LogP contribution in [-0.4, -0.2) is 32.9 Å². The van der Waals surface area contributed by atoms with Crippen LogP contribution in [0.2, 0.25) is 0 Å². The van der Waals surface area contributed by atoms with Crippen molar-refractivity contribution in [3.8, 4) is 0 Å². The molecule has 0 amide bonds. The Labute approximate surface area is 166 Å². The highest BCUT2D eigenvalue weighted by atomic mass is 32.2. The standard InChI is InChI=1S/C22H23N3O2S/c1-3-25(4-2)21-16-14-19(15-17-21)23-18-10-12-20(13-11-18)24-28(26,27)22-8-6-5-7-9-22/h5-17H,3-4H2,1-2H3. The number of aliphatic imine (C=N–C) groups is 1. The van der Waals surface area contributed by atoms with E-state index in [0.29, 0.717) is 5.71 Å². The topological polar surface area (TPSA) is 62.1 Å². The minimum atomic E-state index is -3.71. The highest BCUT2D eigenvalue weighted by Gasteiger charge is 2.13. The highest BCUT2D eigenvalue weighted by Crippen LogP contribution is 2.20. The van der Waals surface area contributed by atoms with Gasteiger partial charge in [-0.05, 0) is 74.5 Å². The van der Waals surface area contributed by atoms with Crippen LogP contribution < -0.4 is 4.90 Å². The van der Waals surface area contributed by atoms with Crippen LogP contribution in [-0.2, 0) is 10.0 Å². The van der Waals surface area contributed by atoms with Crippen LogP contribution in [0.3, 0.4) is 0 Å². The van der Waals surface area contributed by atoms with Gasteiger partial charge in [0.2, 0.25) is 0 Å². The Bertz CT molecular complexity index is 1010. The van der Waals surface area contributed by atoms with Gasteiger partial charge in [0.1, 0.15) is 0 Å². The average molecular weight is 394 g/mol. The fraction of sp³-hybridized carbons (Fsp3) is 0.182. The quantitative estimate of drug-likeness (QED) is 0.676. The molecule has 0 atom stereocenters. The van der Waals surface area contributed by atoms with Gasteiger partial charge in [-0.15, -0.1) is 0 Å². The predicted octanol–water partition coefficient (Wildman–Crippen LogP) is 4.56. The third-order valence-electron chi connectivity index (χ3n) is 4.35. The normalized spacial score (nSPS) is 13.5. The molecule has 0 fully saturated rings. The highest BCUT2D eigenvalue weighted by molar-refractivity contribution is 7.90. The molecule has 0 aliphatic heterocycles. The van der Waals surface area contributed by atoms with E-state index in [2.05, 4.69) is 40.3 Å². The summed E-state index contributed by atoms with van der Waals surface area (Å²) < 4.78 is 28.5. The van der Waals surface area contributed by atoms with Crippen molar-refractivity contribution >= 4 is 32.8 Å². The third kappa shape index (κ3) is 4.84. The number of allylic oxidation sites excluding steroid dienone is 4. The van der Waals surface area contributed by atoms with Gasteiger partial charge in [0.05, 0.1) is 22.0 Å². The van der Waals surface area contributed by atoms with Gasteiger partial charge < -0.3 is 4.90 Å². The van der Waals surface area contributed by atoms with E-state index in [9.17, 15) is 8.42 Å². The first-order chi connectivity index (χ1) is 13.5. The summed E-state index contributed by atoms with van der Waals surface area (Å²) in [5.41, 5.74) is 3.13. The van der Waals surface area contributed by atoms with Gasteiger partial charge in [-0.1, -0.05) is 18.2 Å². The summed E-state index contributed by atoms with van der Waals surface area (Å²) in [5, 5.41) is 0. The molecule has 3 rings (SSSR count). The van der Waals surface area contributed by atoms with Gasteiger partial charge in [0.25, 0.3) is 10.0 Å². The number of hydrogen-bond donors (Lipinski definition) is 0. The number of hydrogen-bond acceptors (Lipinski definition) is 4. The van der Waals surface area contributed by atoms with Gasteiger partial charge in [-0.25, -0.2) is 4.99 Å². The summed E-state index contributed by atoms with van der Waals surface area (Å²) >= 11 is 0. The van der Waals surface area contributed by atoms with Crippen molar-refractivity contribution in [3.63, 3.8) is 0 Å². The minimum absolute atomic E-state index is 0.178. The van der Waals surface area contributed by atoms with Crippen LogP contribution in [0.4, 0.5) is 11.4 Å². The summed E-state index contributed by atoms with van der Waals surface area (Å²) in [4.78, 5) is 7.03. The maximum absolute atomic E-state index is 12.3. The summed E-state index contributed by atoms with van der Waals surface area (Å²) in [6.45, 7) is 6.19. The molecular formula is C22H23N3O2S. The lowest BCUT2D eigenvalue weighted by Crippen LogP contribution is -2.21. The molecule has 28 heavy (non-hydrogen) atoms. The molecule has 0 aromatic heterocycles. The molecule has 0 saturated heterocycles. The molecule has 6 heteroatoms. The lowest BCUT2D eigenvalue weighted by Gasteiger charge is -2.20. The summed E-state index contributed by atoms with van der Waals surface area (Å²) in [5.74, 6) is 0. The van der Waals surface area contributed by atoms with E-state index in [0.717, 1.165) is 24.5 Å². The molecular weight excluding hydrogens is 370 g/mol. The first kappa shape index (κ1) is 19.8. The minimum Gasteiger partial charge on any atom is -0.372 e. The Morgan fingerprint density at radius 3 is 1.93 bits per heavy atom. The monoisotopic (exact) mass is 393 g/mol. The van der Waals surface area contributed by atoms with Crippen molar-refractivity contribution < 1.29 is 8.42 Å². The van der Waals surface area contributed by atoms with Crippen LogP contribution in [0.5, 0.6) is 0 Å². The molecule has 1 aliphatic rings. The molecule has 0 spiro atoms. The van der Waals surface area contributed by atoms with Crippen LogP contribution in [0.1, 0.15) is 13.8 Å². The largest absolute Gasteiger partial charge is 0.372 e. The second-order valence-electron chi connectivity index (χ2n) is 6.20. The molecule has 2 aromatic carbocycles. The van der Waals surface area contributed by atoms with Gasteiger partial charge in [-0.3, -0.25) is 0 Å². The van der Waals surface area contributed by atoms with Crippen molar-refractivity contribution in [3.05, 3.63) is 78.9 Å². The van der Waals surface area contributed by atoms with E-state index < -0.39 is 10.0 Å². The molecule has 144 valence electrons. The van der Waals surface area contributed by atoms with E-state index in [-0.39, 0.29) is 4.90 Å². The van der Waals surface area contributed by atoms with Gasteiger partial charge in [-0.2, -0.15) is 12.8 Å². The van der Waals surface area contributed by atoms with E-state index in [1.807, 2.05) is 12.1 Å². The molecule has 0 N–H and O–H groups in total. The van der Waals surface area contributed by atoms with E-state index >= 15 is 0 Å². The van der Waals surface area contributed by atoms with E-state index in [1.165, 1.54) is 17.8 Å². The smallest absolute Gasteiger partial charge is 0.282 e. The SMILES string of the molecule is CCN(CC)c1ccc(N=C2C=CC(=NS(=O)(=O)c3ccccc3)C=C2)cc1. The number of rotatable bonds is 6. The Hall–Kier alpha value is -2.99. The first-order valence-electron chi connectivity index (χ1n) is 9.21. The summed E-state index contributed by atoms with van der Waals surface area (Å²) in [7, 11) is -3.71. The fourth-order valence-electron chi connectivity index (χ4n) is 2.85. The first-order valence-corrected chi connectivity index (χ1v) is 10.7. The maximum atomic E-state index is 12.3. The molecule has 5 nitrogen and oxygen atoms in total. The van der Waals surface area contributed by atoms with Crippen LogP contribution in [0, 0.1) is 0 Å². The maximum Gasteiger partial charge on any atom is 0.282 e. The van der Waals surface area contributed by atoms with Gasteiger partial charge >= 0.3 is 0 Å². The van der Waals surface area contributed by atoms with Gasteiger partial charge in [0, 0.05) is 18.8 Å². The van der Waals surface area contributed by atoms with Crippen molar-refractivity contribution in [2.24, 2.45) is 9.39 Å². The third-order valence-corrected chi connectivity index (χ3v) is 5.67. The number of benzene rings is 2. The summed E-state index contributed by atoms with van der Waals surface area (Å²) in [6, 6.07) is 16.3. The molecule has 1 aliphatic carbocycles. The van der Waals surface area contributed by atoms with Crippen LogP contribution in [0.15, 0.2) is 93.2 Å². The van der Waals surface area contributed by atoms with E-state index in [1.54, 1.807) is 42.5 Å². The second-order valence-corrected chi connectivity index (χ2v) is 7.80. The Balaban J connectivity index is 1.74. The predicted molar refractivity (Wildman–Crippen MR) is 116 cm³/mol. The summed E-state index contributed by atoms with van der Waals surface area (Å²) in [6.07, 6.45) is 6.84. The van der Waals surface area contributed by atoms with Crippen LogP contribution >= 0.6 is 0 Å². The van der Waals surface area contributed by atoms with Crippen molar-refractivity contribution in [1.82, 2.24) is 0 Å². The lowest BCUT2D eigenvalue weighted by molar-refractivity contribution is 0.598. The number of anilines is 1. The average Bonchev–Trinajstić information content (AvgIpc) is 2.72. The zero-order chi connectivity index (χ0) is 20.0. The molecule has 0 heterocycles. The second kappa shape index (κ2) is 8.80. The zero-order valence-electron chi connectivity index (χ0n) is 16.0. The Morgan fingerprint density at radius 1 is 0.786 bits per heavy atom. The van der Waals surface area contributed by atoms with E-state index in [4.69, 9.17) is 0 Å². The molecule has 0 saturated carbocycles. The van der Waals surface area contributed by atoms with Gasteiger partial charge in [0.15, 0.2) is 0 Å². The van der Waals surface area contributed by atoms with Crippen molar-refractivity contribution in [2.75, 3.05) is 18.0 Å². The lowest BCUT2D eigenvalue weighted by atomic mass is 10.1. The molecule has 0 radical (unpaired) electrons. The fourth-order valence-corrected chi connectivity index (χ4v) is 3.85. The van der Waals surface area contributed by atoms with Crippen molar-refractivity contribution in [2.45, 2.75) is 18.7 Å². The van der Waals surface area contributed by atoms with Crippen LogP contribution in [0.25, 0.3) is 0 Å². The zero-order valence-corrected chi connectivity index (χ0v) is 16.8. The molecule has 0 unspecified atom stereocenters. The Kier molecular flexibility index (Phi) is 6.21. The number of nitrogens with zero attached hydrogens (tertiary/aromatic N) is 3. The van der Waals surface area contributed by atoms with Crippen molar-refractivity contribution in [1.29, 1.82) is 0 Å². The number of sulfonamides is 1. The Morgan fingerprint density at radius 2 is 1.36 bits per heavy atom. The molecule has 0 bridgehead atoms.